The number of nitrogens with zero attached hydrogens (tertiary/aromatic N) is 1. The number of aryl methyl sites for hydroxylation is 1. The molecule has 204 valence electrons. The van der Waals surface area contributed by atoms with E-state index in [2.05, 4.69) is 40.3 Å². The van der Waals surface area contributed by atoms with E-state index >= 15 is 0 Å². The molecule has 0 aliphatic carbocycles. The van der Waals surface area contributed by atoms with E-state index in [0.29, 0.717) is 0 Å². The van der Waals surface area contributed by atoms with E-state index in [1.54, 1.807) is 19.2 Å². The molecule has 0 aromatic heterocycles. The van der Waals surface area contributed by atoms with Crippen LogP contribution in [0.3, 0.4) is 0 Å². The molecule has 4 aromatic rings. The zero-order chi connectivity index (χ0) is 28.6. The molecule has 0 atom stereocenters. The zero-order valence-corrected chi connectivity index (χ0v) is 23.3. The number of ether oxygens (including phenoxy) is 1. The van der Waals surface area contributed by atoms with E-state index in [1.807, 2.05) is 57.4 Å². The molecule has 40 heavy (non-hydrogen) atoms. The fourth-order valence-corrected chi connectivity index (χ4v) is 5.35. The SMILES string of the molecule is C=C1c2cc(OC)ccc2-c2ccc(N)cc2CN1C.CNc1cc2c(cc1C)-c1ccc(O)cc1CC(=O)N2. The third kappa shape index (κ3) is 5.06. The molecule has 0 spiro atoms. The first-order valence-corrected chi connectivity index (χ1v) is 13.1. The van der Waals surface area contributed by atoms with E-state index < -0.39 is 0 Å². The highest BCUT2D eigenvalue weighted by atomic mass is 16.5. The fourth-order valence-electron chi connectivity index (χ4n) is 5.35. The molecule has 1 amide bonds. The maximum atomic E-state index is 12.0. The van der Waals surface area contributed by atoms with Gasteiger partial charge in [-0.3, -0.25) is 4.79 Å². The van der Waals surface area contributed by atoms with Crippen molar-refractivity contribution >= 4 is 28.7 Å². The van der Waals surface area contributed by atoms with Crippen molar-refractivity contribution in [3.05, 3.63) is 95.6 Å². The van der Waals surface area contributed by atoms with Gasteiger partial charge in [0.2, 0.25) is 5.91 Å². The number of nitrogens with two attached hydrogens (primary N) is 1. The van der Waals surface area contributed by atoms with Crippen molar-refractivity contribution in [1.82, 2.24) is 4.90 Å². The number of aromatic hydroxyl groups is 1. The lowest BCUT2D eigenvalue weighted by atomic mass is 9.95. The monoisotopic (exact) mass is 534 g/mol. The van der Waals surface area contributed by atoms with Gasteiger partial charge in [-0.1, -0.05) is 24.8 Å². The van der Waals surface area contributed by atoms with Gasteiger partial charge >= 0.3 is 0 Å². The van der Waals surface area contributed by atoms with Crippen LogP contribution in [0.2, 0.25) is 0 Å². The summed E-state index contributed by atoms with van der Waals surface area (Å²) in [7, 11) is 5.59. The first-order chi connectivity index (χ1) is 19.2. The van der Waals surface area contributed by atoms with E-state index in [4.69, 9.17) is 10.5 Å². The maximum absolute atomic E-state index is 12.0. The van der Waals surface area contributed by atoms with Crippen molar-refractivity contribution in [3.8, 4) is 33.8 Å². The van der Waals surface area contributed by atoms with Crippen LogP contribution in [-0.4, -0.2) is 37.1 Å². The largest absolute Gasteiger partial charge is 0.508 e. The molecule has 7 heteroatoms. The van der Waals surface area contributed by atoms with Gasteiger partial charge in [0, 0.05) is 48.8 Å². The molecule has 0 bridgehead atoms. The number of nitrogen functional groups attached to an aromatic ring is 1. The van der Waals surface area contributed by atoms with Crippen LogP contribution < -0.4 is 21.1 Å². The first kappa shape index (κ1) is 26.7. The van der Waals surface area contributed by atoms with E-state index in [1.165, 1.54) is 16.7 Å². The number of rotatable bonds is 2. The van der Waals surface area contributed by atoms with Crippen molar-refractivity contribution in [2.45, 2.75) is 19.9 Å². The van der Waals surface area contributed by atoms with Gasteiger partial charge < -0.3 is 31.1 Å². The second kappa shape index (κ2) is 10.7. The second-order valence-corrected chi connectivity index (χ2v) is 10.2. The summed E-state index contributed by atoms with van der Waals surface area (Å²) in [5, 5.41) is 15.7. The molecule has 0 radical (unpaired) electrons. The number of fused-ring (bicyclic) bond motifs is 6. The number of phenols is 1. The zero-order valence-electron chi connectivity index (χ0n) is 23.3. The molecule has 2 aliphatic rings. The predicted octanol–water partition coefficient (Wildman–Crippen LogP) is 6.26. The van der Waals surface area contributed by atoms with Crippen molar-refractivity contribution in [3.63, 3.8) is 0 Å². The number of carbonyl (C=O) groups is 1. The van der Waals surface area contributed by atoms with Crippen LogP contribution in [-0.2, 0) is 17.8 Å². The molecule has 6 rings (SSSR count). The van der Waals surface area contributed by atoms with Crippen molar-refractivity contribution in [2.24, 2.45) is 0 Å². The number of carbonyl (C=O) groups excluding carboxylic acids is 1. The molecule has 0 fully saturated rings. The van der Waals surface area contributed by atoms with Gasteiger partial charge in [-0.15, -0.1) is 0 Å². The second-order valence-electron chi connectivity index (χ2n) is 10.2. The number of amides is 1. The Hall–Kier alpha value is -4.91. The number of hydrogen-bond acceptors (Lipinski definition) is 6. The Bertz CT molecular complexity index is 1640. The average Bonchev–Trinajstić information content (AvgIpc) is 3.12. The van der Waals surface area contributed by atoms with Gasteiger partial charge in [0.25, 0.3) is 0 Å². The third-order valence-corrected chi connectivity index (χ3v) is 7.46. The van der Waals surface area contributed by atoms with Crippen molar-refractivity contribution in [1.29, 1.82) is 0 Å². The summed E-state index contributed by atoms with van der Waals surface area (Å²) in [5.74, 6) is 0.960. The van der Waals surface area contributed by atoms with Gasteiger partial charge in [-0.25, -0.2) is 0 Å². The minimum absolute atomic E-state index is 0.0680. The quantitative estimate of drug-likeness (QED) is 0.226. The molecular formula is C33H34N4O3. The van der Waals surface area contributed by atoms with E-state index in [9.17, 15) is 9.90 Å². The summed E-state index contributed by atoms with van der Waals surface area (Å²) in [6, 6.07) is 21.4. The number of methoxy groups -OCH3 is 1. The molecule has 0 unspecified atom stereocenters. The number of phenolic OH excluding ortho intramolecular Hbond substituents is 1. The van der Waals surface area contributed by atoms with E-state index in [-0.39, 0.29) is 18.1 Å². The number of nitrogens with one attached hydrogen (secondary N) is 2. The third-order valence-electron chi connectivity index (χ3n) is 7.46. The summed E-state index contributed by atoms with van der Waals surface area (Å²) in [6.07, 6.45) is 0.270. The molecule has 0 saturated carbocycles. The minimum atomic E-state index is -0.0680. The van der Waals surface area contributed by atoms with Gasteiger partial charge in [-0.05, 0) is 88.8 Å². The molecular weight excluding hydrogens is 500 g/mol. The maximum Gasteiger partial charge on any atom is 0.228 e. The Morgan fingerprint density at radius 1 is 0.950 bits per heavy atom. The Balaban J connectivity index is 0.000000161. The number of hydrogen-bond donors (Lipinski definition) is 4. The highest BCUT2D eigenvalue weighted by Crippen LogP contribution is 2.40. The highest BCUT2D eigenvalue weighted by molar-refractivity contribution is 6.01. The van der Waals surface area contributed by atoms with Crippen LogP contribution in [0.25, 0.3) is 28.0 Å². The van der Waals surface area contributed by atoms with E-state index in [0.717, 1.165) is 62.9 Å². The van der Waals surface area contributed by atoms with Gasteiger partial charge in [0.1, 0.15) is 11.5 Å². The molecule has 5 N–H and O–H groups in total. The Morgan fingerprint density at radius 2 is 1.68 bits per heavy atom. The standard InChI is InChI=1S/C17H18N2O.C16H16N2O2/c1-11-17-9-14(20-3)5-7-16(17)15-6-4-13(18)8-12(15)10-19(11)2;1-9-5-13-12-4-3-11(19)6-10(12)7-16(20)18-15(13)8-14(9)17-2/h4-9H,1,10,18H2,2-3H3;3-6,8,17,19H,7H2,1-2H3,(H,18,20). The smallest absolute Gasteiger partial charge is 0.228 e. The van der Waals surface area contributed by atoms with Crippen LogP contribution in [0.4, 0.5) is 17.1 Å². The predicted molar refractivity (Wildman–Crippen MR) is 164 cm³/mol. The average molecular weight is 535 g/mol. The Morgan fingerprint density at radius 3 is 2.42 bits per heavy atom. The van der Waals surface area contributed by atoms with Crippen LogP contribution in [0, 0.1) is 6.92 Å². The minimum Gasteiger partial charge on any atom is -0.508 e. The lowest BCUT2D eigenvalue weighted by Crippen LogP contribution is -2.14. The summed E-state index contributed by atoms with van der Waals surface area (Å²) >= 11 is 0. The summed E-state index contributed by atoms with van der Waals surface area (Å²) in [5.41, 5.74) is 18.1. The van der Waals surface area contributed by atoms with Crippen molar-refractivity contribution < 1.29 is 14.6 Å². The fraction of sp³-hybridized carbons (Fsp3) is 0.182. The topological polar surface area (TPSA) is 99.8 Å². The van der Waals surface area contributed by atoms with Crippen LogP contribution >= 0.6 is 0 Å². The lowest BCUT2D eigenvalue weighted by molar-refractivity contribution is -0.115. The molecule has 4 aromatic carbocycles. The van der Waals surface area contributed by atoms with Gasteiger partial charge in [0.15, 0.2) is 0 Å². The normalized spacial score (nSPS) is 13.2. The van der Waals surface area contributed by atoms with Gasteiger partial charge in [-0.2, -0.15) is 0 Å². The number of benzene rings is 4. The Labute approximate surface area is 234 Å². The van der Waals surface area contributed by atoms with Crippen LogP contribution in [0.1, 0.15) is 22.3 Å². The molecule has 2 aliphatic heterocycles. The highest BCUT2D eigenvalue weighted by Gasteiger charge is 2.21. The van der Waals surface area contributed by atoms with Crippen LogP contribution in [0.15, 0.2) is 73.3 Å². The summed E-state index contributed by atoms with van der Waals surface area (Å²) in [4.78, 5) is 14.1. The summed E-state index contributed by atoms with van der Waals surface area (Å²) < 4.78 is 5.33. The number of anilines is 3. The van der Waals surface area contributed by atoms with Crippen LogP contribution in [0.5, 0.6) is 11.5 Å². The first-order valence-electron chi connectivity index (χ1n) is 13.1. The van der Waals surface area contributed by atoms with Gasteiger partial charge in [0.05, 0.1) is 19.2 Å². The molecule has 0 saturated heterocycles. The molecule has 2 heterocycles. The summed E-state index contributed by atoms with van der Waals surface area (Å²) in [6.45, 7) is 7.05. The Kier molecular flexibility index (Phi) is 7.13. The molecule has 7 nitrogen and oxygen atoms in total. The van der Waals surface area contributed by atoms with Crippen molar-refractivity contribution in [2.75, 3.05) is 37.6 Å². The lowest BCUT2D eigenvalue weighted by Gasteiger charge is -2.20.